The Morgan fingerprint density at radius 2 is 1.88 bits per heavy atom. The molecular weight excluding hydrogens is 306 g/mol. The summed E-state index contributed by atoms with van der Waals surface area (Å²) >= 11 is 0. The number of nitrogens with zero attached hydrogens (tertiary/aromatic N) is 4. The molecule has 2 heterocycles. The van der Waals surface area contributed by atoms with Crippen LogP contribution in [0.4, 0.5) is 16.3 Å². The predicted octanol–water partition coefficient (Wildman–Crippen LogP) is 2.57. The van der Waals surface area contributed by atoms with Crippen LogP contribution in [0.1, 0.15) is 52.7 Å². The minimum Gasteiger partial charge on any atom is -0.444 e. The Labute approximate surface area is 144 Å². The SMILES string of the molecule is CC(C)c1nn(C)c(N2CCCN(C(=O)OC(C)(C)C)CC2)c1N. The highest BCUT2D eigenvalue weighted by atomic mass is 16.6. The molecule has 136 valence electrons. The Balaban J connectivity index is 2.10. The highest BCUT2D eigenvalue weighted by Gasteiger charge is 2.27. The van der Waals surface area contributed by atoms with Gasteiger partial charge in [-0.1, -0.05) is 13.8 Å². The molecule has 1 amide bonds. The predicted molar refractivity (Wildman–Crippen MR) is 96.3 cm³/mol. The molecule has 24 heavy (non-hydrogen) atoms. The van der Waals surface area contributed by atoms with Crippen LogP contribution in [-0.2, 0) is 11.8 Å². The highest BCUT2D eigenvalue weighted by Crippen LogP contribution is 2.31. The Morgan fingerprint density at radius 1 is 1.21 bits per heavy atom. The Morgan fingerprint density at radius 3 is 2.42 bits per heavy atom. The molecule has 7 heteroatoms. The molecule has 1 saturated heterocycles. The number of aromatic nitrogens is 2. The van der Waals surface area contributed by atoms with E-state index in [0.29, 0.717) is 13.1 Å². The van der Waals surface area contributed by atoms with Gasteiger partial charge in [-0.25, -0.2) is 4.79 Å². The number of anilines is 2. The average molecular weight is 337 g/mol. The van der Waals surface area contributed by atoms with E-state index in [0.717, 1.165) is 36.7 Å². The normalized spacial score (nSPS) is 16.5. The molecular formula is C17H31N5O2. The molecule has 0 bridgehead atoms. The molecule has 1 aliphatic rings. The molecule has 7 nitrogen and oxygen atoms in total. The summed E-state index contributed by atoms with van der Waals surface area (Å²) in [7, 11) is 1.92. The van der Waals surface area contributed by atoms with Gasteiger partial charge in [-0.3, -0.25) is 4.68 Å². The fourth-order valence-corrected chi connectivity index (χ4v) is 2.99. The molecule has 0 radical (unpaired) electrons. The van der Waals surface area contributed by atoms with Crippen molar-refractivity contribution in [2.45, 2.75) is 52.6 Å². The molecule has 0 aliphatic carbocycles. The summed E-state index contributed by atoms with van der Waals surface area (Å²) < 4.78 is 7.34. The van der Waals surface area contributed by atoms with Gasteiger partial charge in [0, 0.05) is 33.2 Å². The van der Waals surface area contributed by atoms with E-state index in [1.165, 1.54) is 0 Å². The van der Waals surface area contributed by atoms with Gasteiger partial charge in [0.05, 0.1) is 11.4 Å². The Hall–Kier alpha value is -1.92. The first-order chi connectivity index (χ1) is 11.1. The topological polar surface area (TPSA) is 76.6 Å². The lowest BCUT2D eigenvalue weighted by atomic mass is 10.1. The van der Waals surface area contributed by atoms with E-state index in [1.54, 1.807) is 4.90 Å². The largest absolute Gasteiger partial charge is 0.444 e. The molecule has 0 atom stereocenters. The molecule has 0 saturated carbocycles. The third-order valence-electron chi connectivity index (χ3n) is 4.08. The van der Waals surface area contributed by atoms with E-state index in [1.807, 2.05) is 32.5 Å². The molecule has 0 aromatic carbocycles. The van der Waals surface area contributed by atoms with E-state index in [-0.39, 0.29) is 12.0 Å². The zero-order chi connectivity index (χ0) is 18.1. The van der Waals surface area contributed by atoms with Gasteiger partial charge in [-0.2, -0.15) is 5.10 Å². The average Bonchev–Trinajstić information content (AvgIpc) is 2.63. The summed E-state index contributed by atoms with van der Waals surface area (Å²) in [4.78, 5) is 16.3. The number of amides is 1. The van der Waals surface area contributed by atoms with Crippen LogP contribution in [0.3, 0.4) is 0 Å². The van der Waals surface area contributed by atoms with Crippen molar-refractivity contribution in [1.82, 2.24) is 14.7 Å². The maximum atomic E-state index is 12.3. The summed E-state index contributed by atoms with van der Waals surface area (Å²) in [5.74, 6) is 1.24. The fraction of sp³-hybridized carbons (Fsp3) is 0.765. The van der Waals surface area contributed by atoms with E-state index in [4.69, 9.17) is 10.5 Å². The number of hydrogen-bond donors (Lipinski definition) is 1. The van der Waals surface area contributed by atoms with Crippen LogP contribution in [0, 0.1) is 0 Å². The summed E-state index contributed by atoms with van der Waals surface area (Å²) in [6, 6.07) is 0. The van der Waals surface area contributed by atoms with E-state index in [2.05, 4.69) is 23.8 Å². The van der Waals surface area contributed by atoms with E-state index in [9.17, 15) is 4.79 Å². The molecule has 1 fully saturated rings. The highest BCUT2D eigenvalue weighted by molar-refractivity contribution is 5.69. The lowest BCUT2D eigenvalue weighted by Gasteiger charge is -2.27. The molecule has 0 spiro atoms. The van der Waals surface area contributed by atoms with Gasteiger partial charge < -0.3 is 20.3 Å². The van der Waals surface area contributed by atoms with Gasteiger partial charge in [-0.15, -0.1) is 0 Å². The van der Waals surface area contributed by atoms with Gasteiger partial charge in [0.2, 0.25) is 0 Å². The first-order valence-corrected chi connectivity index (χ1v) is 8.65. The van der Waals surface area contributed by atoms with Gasteiger partial charge >= 0.3 is 6.09 Å². The Kier molecular flexibility index (Phi) is 5.30. The molecule has 1 aromatic rings. The third kappa shape index (κ3) is 4.13. The van der Waals surface area contributed by atoms with Crippen molar-refractivity contribution in [2.75, 3.05) is 36.8 Å². The molecule has 1 aromatic heterocycles. The monoisotopic (exact) mass is 337 g/mol. The zero-order valence-electron chi connectivity index (χ0n) is 15.8. The second-order valence-electron chi connectivity index (χ2n) is 7.71. The third-order valence-corrected chi connectivity index (χ3v) is 4.08. The van der Waals surface area contributed by atoms with Crippen molar-refractivity contribution in [3.8, 4) is 0 Å². The van der Waals surface area contributed by atoms with Crippen molar-refractivity contribution < 1.29 is 9.53 Å². The number of rotatable bonds is 2. The van der Waals surface area contributed by atoms with Crippen molar-refractivity contribution in [1.29, 1.82) is 0 Å². The van der Waals surface area contributed by atoms with E-state index >= 15 is 0 Å². The van der Waals surface area contributed by atoms with Crippen molar-refractivity contribution >= 4 is 17.6 Å². The van der Waals surface area contributed by atoms with Crippen LogP contribution < -0.4 is 10.6 Å². The lowest BCUT2D eigenvalue weighted by molar-refractivity contribution is 0.0263. The zero-order valence-corrected chi connectivity index (χ0v) is 15.8. The number of aryl methyl sites for hydroxylation is 1. The van der Waals surface area contributed by atoms with Crippen molar-refractivity contribution in [3.05, 3.63) is 5.69 Å². The van der Waals surface area contributed by atoms with Gasteiger partial charge in [0.1, 0.15) is 11.4 Å². The second-order valence-corrected chi connectivity index (χ2v) is 7.71. The maximum Gasteiger partial charge on any atom is 0.410 e. The van der Waals surface area contributed by atoms with Crippen LogP contribution in [0.2, 0.25) is 0 Å². The first-order valence-electron chi connectivity index (χ1n) is 8.65. The lowest BCUT2D eigenvalue weighted by Crippen LogP contribution is -2.39. The quantitative estimate of drug-likeness (QED) is 0.897. The number of carbonyl (C=O) groups excluding carboxylic acids is 1. The number of nitrogens with two attached hydrogens (primary N) is 1. The fourth-order valence-electron chi connectivity index (χ4n) is 2.99. The second kappa shape index (κ2) is 6.91. The van der Waals surface area contributed by atoms with E-state index < -0.39 is 5.60 Å². The minimum atomic E-state index is -0.471. The van der Waals surface area contributed by atoms with Gasteiger partial charge in [0.25, 0.3) is 0 Å². The molecule has 2 rings (SSSR count). The molecule has 1 aliphatic heterocycles. The van der Waals surface area contributed by atoms with Crippen LogP contribution in [0.5, 0.6) is 0 Å². The first kappa shape index (κ1) is 18.4. The number of ether oxygens (including phenoxy) is 1. The number of carbonyl (C=O) groups is 1. The summed E-state index contributed by atoms with van der Waals surface area (Å²) in [6.45, 7) is 12.7. The maximum absolute atomic E-state index is 12.3. The minimum absolute atomic E-state index is 0.245. The molecule has 0 unspecified atom stereocenters. The van der Waals surface area contributed by atoms with Crippen LogP contribution in [0.25, 0.3) is 0 Å². The van der Waals surface area contributed by atoms with Crippen LogP contribution in [0.15, 0.2) is 0 Å². The summed E-state index contributed by atoms with van der Waals surface area (Å²) in [5.41, 5.74) is 7.54. The van der Waals surface area contributed by atoms with Crippen molar-refractivity contribution in [3.63, 3.8) is 0 Å². The smallest absolute Gasteiger partial charge is 0.410 e. The molecule has 2 N–H and O–H groups in total. The standard InChI is InChI=1S/C17H31N5O2/c1-12(2)14-13(18)15(20(6)19-14)21-8-7-9-22(11-10-21)16(23)24-17(3,4)5/h12H,7-11,18H2,1-6H3. The summed E-state index contributed by atoms with van der Waals surface area (Å²) in [5, 5.41) is 4.56. The van der Waals surface area contributed by atoms with Gasteiger partial charge in [0.15, 0.2) is 0 Å². The number of hydrogen-bond acceptors (Lipinski definition) is 5. The summed E-state index contributed by atoms with van der Waals surface area (Å²) in [6.07, 6.45) is 0.631. The van der Waals surface area contributed by atoms with Crippen LogP contribution >= 0.6 is 0 Å². The van der Waals surface area contributed by atoms with Crippen molar-refractivity contribution in [2.24, 2.45) is 7.05 Å². The Bertz CT molecular complexity index is 589. The van der Waals surface area contributed by atoms with Crippen LogP contribution in [-0.4, -0.2) is 52.6 Å². The number of nitrogen functional groups attached to an aromatic ring is 1. The van der Waals surface area contributed by atoms with Gasteiger partial charge in [-0.05, 0) is 33.1 Å².